The first-order valence-corrected chi connectivity index (χ1v) is 19.3. The number of para-hydroxylation sites is 1. The summed E-state index contributed by atoms with van der Waals surface area (Å²) in [7, 11) is 0. The zero-order valence-electron chi connectivity index (χ0n) is 31.9. The molecular formula is C37H45ClN10O9S. The summed E-state index contributed by atoms with van der Waals surface area (Å²) >= 11 is 7.47. The second kappa shape index (κ2) is 21.2. The highest BCUT2D eigenvalue weighted by Crippen LogP contribution is 2.33. The molecule has 1 aliphatic rings. The molecule has 0 radical (unpaired) electrons. The van der Waals surface area contributed by atoms with Gasteiger partial charge < -0.3 is 56.4 Å². The van der Waals surface area contributed by atoms with Crippen molar-refractivity contribution in [3.63, 3.8) is 0 Å². The molecule has 1 saturated heterocycles. The van der Waals surface area contributed by atoms with Gasteiger partial charge in [-0.3, -0.25) is 19.3 Å². The first-order chi connectivity index (χ1) is 27.9. The standard InChI is InChI=1S/C37H45ClN10O9S/c1-22-4-3-5-24(38)33(22)46-36(53)27-19-42-37(58-27)45-28-18-29(44-23(2)43-28)48-11-9-47(10-12-48)13-15-55-20-30(49)41-8-14-54-16-17-56-21-31(50)57-26-7-6-25(39)34(51)32(26)35(40)52/h3-7,18-19,51H,8-17,20-21,39H2,1-2H3,(H2,40,52)(H,41,49)(H,46,53)(H,42,43,44,45). The van der Waals surface area contributed by atoms with Crippen LogP contribution in [0.25, 0.3) is 0 Å². The maximum atomic E-state index is 12.9. The number of nitrogens with one attached hydrogen (secondary N) is 3. The zero-order chi connectivity index (χ0) is 41.6. The Morgan fingerprint density at radius 2 is 1.72 bits per heavy atom. The second-order valence-electron chi connectivity index (χ2n) is 12.8. The van der Waals surface area contributed by atoms with Gasteiger partial charge in [0.15, 0.2) is 10.9 Å². The first-order valence-electron chi connectivity index (χ1n) is 18.1. The van der Waals surface area contributed by atoms with Crippen LogP contribution in [0.2, 0.25) is 5.02 Å². The third-order valence-corrected chi connectivity index (χ3v) is 9.76. The number of aromatic hydroxyl groups is 1. The van der Waals surface area contributed by atoms with Gasteiger partial charge in [-0.2, -0.15) is 0 Å². The van der Waals surface area contributed by atoms with Gasteiger partial charge in [0.05, 0.1) is 49.0 Å². The van der Waals surface area contributed by atoms with Crippen LogP contribution in [0, 0.1) is 13.8 Å². The van der Waals surface area contributed by atoms with Gasteiger partial charge in [0.25, 0.3) is 11.8 Å². The molecule has 4 aromatic rings. The highest BCUT2D eigenvalue weighted by Gasteiger charge is 2.21. The van der Waals surface area contributed by atoms with Gasteiger partial charge in [-0.05, 0) is 37.6 Å². The van der Waals surface area contributed by atoms with Crippen LogP contribution in [0.15, 0.2) is 42.6 Å². The number of thiazole rings is 1. The SMILES string of the molecule is Cc1nc(Nc2ncc(C(=O)Nc3c(C)cccc3Cl)s2)cc(N2CCN(CCOCC(=O)NCCOCCOCC(=O)Oc3ccc(N)c(O)c3C(N)=O)CC2)n1. The van der Waals surface area contributed by atoms with Crippen LogP contribution in [0.1, 0.15) is 31.4 Å². The lowest BCUT2D eigenvalue weighted by Crippen LogP contribution is -2.47. The maximum Gasteiger partial charge on any atom is 0.337 e. The summed E-state index contributed by atoms with van der Waals surface area (Å²) in [6, 6.07) is 9.79. The number of phenols is 1. The Bertz CT molecular complexity index is 2060. The number of hydrogen-bond donors (Lipinski definition) is 6. The maximum absolute atomic E-state index is 12.9. The smallest absolute Gasteiger partial charge is 0.337 e. The Labute approximate surface area is 343 Å². The van der Waals surface area contributed by atoms with Crippen molar-refractivity contribution in [2.45, 2.75) is 13.8 Å². The van der Waals surface area contributed by atoms with Crippen LogP contribution < -0.4 is 37.1 Å². The van der Waals surface area contributed by atoms with Crippen molar-refractivity contribution in [1.29, 1.82) is 0 Å². The molecular weight excluding hydrogens is 796 g/mol. The summed E-state index contributed by atoms with van der Waals surface area (Å²) in [5.74, 6) is -1.27. The summed E-state index contributed by atoms with van der Waals surface area (Å²) in [5, 5.41) is 19.7. The normalized spacial score (nSPS) is 12.9. The topological polar surface area (TPSA) is 259 Å². The number of aryl methyl sites for hydroxylation is 2. The molecule has 3 heterocycles. The molecule has 8 N–H and O–H groups in total. The average Bonchev–Trinajstić information content (AvgIpc) is 3.66. The van der Waals surface area contributed by atoms with Crippen molar-refractivity contribution >= 4 is 74.8 Å². The largest absolute Gasteiger partial charge is 0.505 e. The molecule has 21 heteroatoms. The van der Waals surface area contributed by atoms with Crippen molar-refractivity contribution in [1.82, 2.24) is 25.2 Å². The highest BCUT2D eigenvalue weighted by atomic mass is 35.5. The Kier molecular flexibility index (Phi) is 15.9. The van der Waals surface area contributed by atoms with Crippen LogP contribution >= 0.6 is 22.9 Å². The molecule has 1 fully saturated rings. The molecule has 0 aliphatic carbocycles. The first kappa shape index (κ1) is 43.5. The zero-order valence-corrected chi connectivity index (χ0v) is 33.5. The second-order valence-corrected chi connectivity index (χ2v) is 14.2. The Morgan fingerprint density at radius 3 is 2.48 bits per heavy atom. The summed E-state index contributed by atoms with van der Waals surface area (Å²) in [5.41, 5.74) is 11.7. The lowest BCUT2D eigenvalue weighted by atomic mass is 10.1. The van der Waals surface area contributed by atoms with Crippen molar-refractivity contribution in [2.24, 2.45) is 5.73 Å². The molecule has 0 saturated carbocycles. The number of carbonyl (C=O) groups is 4. The van der Waals surface area contributed by atoms with E-state index in [2.05, 4.69) is 40.7 Å². The van der Waals surface area contributed by atoms with Crippen LogP contribution in [0.4, 0.5) is 28.1 Å². The van der Waals surface area contributed by atoms with E-state index in [0.717, 1.165) is 37.6 Å². The number of aromatic nitrogens is 3. The molecule has 5 rings (SSSR count). The minimum Gasteiger partial charge on any atom is -0.505 e. The lowest BCUT2D eigenvalue weighted by Gasteiger charge is -2.35. The minimum atomic E-state index is -1.01. The molecule has 2 aromatic heterocycles. The van der Waals surface area contributed by atoms with Crippen molar-refractivity contribution in [2.75, 3.05) is 100 Å². The predicted molar refractivity (Wildman–Crippen MR) is 217 cm³/mol. The molecule has 19 nitrogen and oxygen atoms in total. The van der Waals surface area contributed by atoms with Gasteiger partial charge in [-0.15, -0.1) is 0 Å². The number of ether oxygens (including phenoxy) is 4. The van der Waals surface area contributed by atoms with Gasteiger partial charge in [0, 0.05) is 45.3 Å². The number of amides is 3. The number of rotatable bonds is 20. The van der Waals surface area contributed by atoms with E-state index in [4.69, 9.17) is 42.0 Å². The van der Waals surface area contributed by atoms with Gasteiger partial charge in [0.1, 0.15) is 46.9 Å². The number of primary amides is 1. The number of carbonyl (C=O) groups excluding carboxylic acids is 4. The number of nitrogens with zero attached hydrogens (tertiary/aromatic N) is 5. The number of benzene rings is 2. The molecule has 0 bridgehead atoms. The number of anilines is 5. The molecule has 2 aromatic carbocycles. The van der Waals surface area contributed by atoms with Gasteiger partial charge in [-0.25, -0.2) is 19.7 Å². The van der Waals surface area contributed by atoms with Crippen LogP contribution in [0.3, 0.4) is 0 Å². The summed E-state index contributed by atoms with van der Waals surface area (Å²) in [6.07, 6.45) is 1.51. The third-order valence-electron chi connectivity index (χ3n) is 8.53. The number of esters is 1. The number of halogens is 1. The number of hydrogen-bond acceptors (Lipinski definition) is 17. The van der Waals surface area contributed by atoms with E-state index in [0.29, 0.717) is 45.5 Å². The summed E-state index contributed by atoms with van der Waals surface area (Å²) in [6.45, 7) is 7.95. The van der Waals surface area contributed by atoms with Gasteiger partial charge in [0.2, 0.25) is 5.91 Å². The quantitative estimate of drug-likeness (QED) is 0.0246. The Hall–Kier alpha value is -5.64. The van der Waals surface area contributed by atoms with E-state index in [1.54, 1.807) is 6.07 Å². The Balaban J connectivity index is 0.912. The third kappa shape index (κ3) is 12.7. The predicted octanol–water partition coefficient (Wildman–Crippen LogP) is 2.48. The molecule has 3 amide bonds. The molecule has 0 atom stereocenters. The van der Waals surface area contributed by atoms with E-state index in [-0.39, 0.29) is 56.2 Å². The van der Waals surface area contributed by atoms with Crippen molar-refractivity contribution in [3.05, 3.63) is 69.4 Å². The van der Waals surface area contributed by atoms with Gasteiger partial charge in [-0.1, -0.05) is 35.1 Å². The van der Waals surface area contributed by atoms with E-state index in [1.807, 2.05) is 32.0 Å². The van der Waals surface area contributed by atoms with Gasteiger partial charge >= 0.3 is 5.97 Å². The number of nitrogen functional groups attached to an aromatic ring is 1. The molecule has 0 unspecified atom stereocenters. The fourth-order valence-electron chi connectivity index (χ4n) is 5.60. The molecule has 58 heavy (non-hydrogen) atoms. The monoisotopic (exact) mass is 840 g/mol. The number of nitrogens with two attached hydrogens (primary N) is 2. The van der Waals surface area contributed by atoms with E-state index in [9.17, 15) is 24.3 Å². The van der Waals surface area contributed by atoms with Crippen LogP contribution in [0.5, 0.6) is 11.5 Å². The average molecular weight is 841 g/mol. The van der Waals surface area contributed by atoms with E-state index >= 15 is 0 Å². The van der Waals surface area contributed by atoms with Crippen molar-refractivity contribution < 1.29 is 43.2 Å². The minimum absolute atomic E-state index is 0.0657. The van der Waals surface area contributed by atoms with Crippen molar-refractivity contribution in [3.8, 4) is 11.5 Å². The van der Waals surface area contributed by atoms with E-state index < -0.39 is 29.8 Å². The number of piperazine rings is 1. The fraction of sp³-hybridized carbons (Fsp3) is 0.378. The fourth-order valence-corrected chi connectivity index (χ4v) is 6.59. The molecule has 310 valence electrons. The molecule has 1 aliphatic heterocycles. The van der Waals surface area contributed by atoms with Crippen LogP contribution in [-0.2, 0) is 23.8 Å². The Morgan fingerprint density at radius 1 is 0.966 bits per heavy atom. The molecule has 0 spiro atoms. The summed E-state index contributed by atoms with van der Waals surface area (Å²) < 4.78 is 21.2. The lowest BCUT2D eigenvalue weighted by molar-refractivity contribution is -0.140. The highest BCUT2D eigenvalue weighted by molar-refractivity contribution is 7.17. The van der Waals surface area contributed by atoms with E-state index in [1.165, 1.54) is 29.7 Å². The summed E-state index contributed by atoms with van der Waals surface area (Å²) in [4.78, 5) is 67.0. The van der Waals surface area contributed by atoms with Crippen LogP contribution in [-0.4, -0.2) is 128 Å².